The van der Waals surface area contributed by atoms with Crippen LogP contribution in [0, 0.1) is 0 Å². The fourth-order valence-electron chi connectivity index (χ4n) is 1.55. The standard InChI is InChI=1S/C12H15F3N4O2/c1-2-5-17-11(20)18-7-3-4-8(10(16)19-21)9(6-7)12(13,14)15/h3-4,6,21H,2,5H2,1H3,(H2,16,19)(H2,17,18,20). The number of urea groups is 1. The van der Waals surface area contributed by atoms with Crippen LogP contribution in [0.4, 0.5) is 23.7 Å². The molecule has 0 heterocycles. The highest BCUT2D eigenvalue weighted by molar-refractivity contribution is 5.99. The van der Waals surface area contributed by atoms with Crippen LogP contribution < -0.4 is 16.4 Å². The highest BCUT2D eigenvalue weighted by atomic mass is 19.4. The number of alkyl halides is 3. The molecule has 0 saturated carbocycles. The number of nitrogens with one attached hydrogen (secondary N) is 2. The van der Waals surface area contributed by atoms with Crippen LogP contribution in [0.3, 0.4) is 0 Å². The second-order valence-corrected chi connectivity index (χ2v) is 4.12. The second-order valence-electron chi connectivity index (χ2n) is 4.12. The molecular weight excluding hydrogens is 289 g/mol. The summed E-state index contributed by atoms with van der Waals surface area (Å²) >= 11 is 0. The Hall–Kier alpha value is -2.45. The lowest BCUT2D eigenvalue weighted by Gasteiger charge is -2.14. The van der Waals surface area contributed by atoms with Gasteiger partial charge in [0, 0.05) is 17.8 Å². The van der Waals surface area contributed by atoms with Gasteiger partial charge in [-0.2, -0.15) is 13.2 Å². The van der Waals surface area contributed by atoms with E-state index in [1.165, 1.54) is 6.07 Å². The number of amidine groups is 1. The first-order valence-electron chi connectivity index (χ1n) is 6.03. The quantitative estimate of drug-likeness (QED) is 0.297. The summed E-state index contributed by atoms with van der Waals surface area (Å²) in [6.45, 7) is 2.24. The van der Waals surface area contributed by atoms with Crippen molar-refractivity contribution in [2.75, 3.05) is 11.9 Å². The van der Waals surface area contributed by atoms with Crippen LogP contribution in [0.15, 0.2) is 23.4 Å². The molecule has 0 aliphatic rings. The molecule has 1 rings (SSSR count). The zero-order chi connectivity index (χ0) is 16.0. The largest absolute Gasteiger partial charge is 0.417 e. The first-order chi connectivity index (χ1) is 9.79. The van der Waals surface area contributed by atoms with E-state index in [0.29, 0.717) is 13.0 Å². The summed E-state index contributed by atoms with van der Waals surface area (Å²) in [6.07, 6.45) is -4.01. The van der Waals surface area contributed by atoms with Crippen molar-refractivity contribution in [2.45, 2.75) is 19.5 Å². The van der Waals surface area contributed by atoms with Gasteiger partial charge in [-0.3, -0.25) is 0 Å². The highest BCUT2D eigenvalue weighted by Crippen LogP contribution is 2.33. The van der Waals surface area contributed by atoms with Gasteiger partial charge in [-0.15, -0.1) is 0 Å². The molecule has 0 aliphatic carbocycles. The number of rotatable bonds is 4. The van der Waals surface area contributed by atoms with Gasteiger partial charge in [-0.1, -0.05) is 12.1 Å². The van der Waals surface area contributed by atoms with E-state index in [0.717, 1.165) is 12.1 Å². The second kappa shape index (κ2) is 6.82. The highest BCUT2D eigenvalue weighted by Gasteiger charge is 2.34. The van der Waals surface area contributed by atoms with E-state index in [4.69, 9.17) is 10.9 Å². The minimum absolute atomic E-state index is 0.0505. The maximum Gasteiger partial charge on any atom is 0.417 e. The molecule has 116 valence electrons. The number of anilines is 1. The lowest BCUT2D eigenvalue weighted by Crippen LogP contribution is -2.29. The average Bonchev–Trinajstić information content (AvgIpc) is 2.43. The predicted molar refractivity (Wildman–Crippen MR) is 71.3 cm³/mol. The van der Waals surface area contributed by atoms with E-state index in [2.05, 4.69) is 15.8 Å². The smallest absolute Gasteiger partial charge is 0.409 e. The zero-order valence-electron chi connectivity index (χ0n) is 11.2. The molecule has 9 heteroatoms. The summed E-state index contributed by atoms with van der Waals surface area (Å²) in [5.41, 5.74) is 3.59. The molecule has 21 heavy (non-hydrogen) atoms. The number of nitrogens with two attached hydrogens (primary N) is 1. The summed E-state index contributed by atoms with van der Waals surface area (Å²) in [7, 11) is 0. The molecular formula is C12H15F3N4O2. The lowest BCUT2D eigenvalue weighted by atomic mass is 10.1. The topological polar surface area (TPSA) is 99.7 Å². The van der Waals surface area contributed by atoms with Gasteiger partial charge in [0.2, 0.25) is 0 Å². The minimum atomic E-state index is -4.71. The third-order valence-electron chi connectivity index (χ3n) is 2.50. The maximum atomic E-state index is 12.9. The molecule has 0 fully saturated rings. The fourth-order valence-corrected chi connectivity index (χ4v) is 1.55. The number of amides is 2. The van der Waals surface area contributed by atoms with E-state index in [1.807, 2.05) is 6.92 Å². The van der Waals surface area contributed by atoms with Crippen LogP contribution >= 0.6 is 0 Å². The average molecular weight is 304 g/mol. The minimum Gasteiger partial charge on any atom is -0.409 e. The number of benzene rings is 1. The van der Waals surface area contributed by atoms with Crippen molar-refractivity contribution < 1.29 is 23.2 Å². The van der Waals surface area contributed by atoms with Crippen molar-refractivity contribution in [1.29, 1.82) is 0 Å². The Morgan fingerprint density at radius 2 is 2.10 bits per heavy atom. The SMILES string of the molecule is CCCNC(=O)Nc1ccc(C(N)=NO)c(C(F)(F)F)c1. The zero-order valence-corrected chi connectivity index (χ0v) is 11.2. The van der Waals surface area contributed by atoms with Gasteiger partial charge in [-0.25, -0.2) is 4.79 Å². The Morgan fingerprint density at radius 1 is 1.43 bits per heavy atom. The Balaban J connectivity index is 3.08. The number of carbonyl (C=O) groups is 1. The molecule has 1 aromatic rings. The van der Waals surface area contributed by atoms with Gasteiger partial charge in [0.15, 0.2) is 5.84 Å². The summed E-state index contributed by atoms with van der Waals surface area (Å²) < 4.78 is 38.8. The molecule has 6 nitrogen and oxygen atoms in total. The van der Waals surface area contributed by atoms with Crippen LogP contribution in [-0.4, -0.2) is 23.6 Å². The third-order valence-corrected chi connectivity index (χ3v) is 2.50. The summed E-state index contributed by atoms with van der Waals surface area (Å²) in [5.74, 6) is -0.663. The van der Waals surface area contributed by atoms with Gasteiger partial charge in [0.25, 0.3) is 0 Å². The molecule has 0 aromatic heterocycles. The first kappa shape index (κ1) is 16.6. The predicted octanol–water partition coefficient (Wildman–Crippen LogP) is 2.33. The summed E-state index contributed by atoms with van der Waals surface area (Å²) in [5, 5.41) is 15.8. The Morgan fingerprint density at radius 3 is 2.62 bits per heavy atom. The molecule has 0 aliphatic heterocycles. The van der Waals surface area contributed by atoms with E-state index in [9.17, 15) is 18.0 Å². The van der Waals surface area contributed by atoms with Gasteiger partial charge in [0.1, 0.15) is 0 Å². The molecule has 0 unspecified atom stereocenters. The van der Waals surface area contributed by atoms with Gasteiger partial charge < -0.3 is 21.6 Å². The van der Waals surface area contributed by atoms with Crippen LogP contribution in [0.25, 0.3) is 0 Å². The molecule has 1 aromatic carbocycles. The lowest BCUT2D eigenvalue weighted by molar-refractivity contribution is -0.137. The van der Waals surface area contributed by atoms with Crippen molar-refractivity contribution in [1.82, 2.24) is 5.32 Å². The molecule has 0 saturated heterocycles. The molecule has 0 bridgehead atoms. The molecule has 2 amide bonds. The first-order valence-corrected chi connectivity index (χ1v) is 6.03. The summed E-state index contributed by atoms with van der Waals surface area (Å²) in [4.78, 5) is 11.4. The van der Waals surface area contributed by atoms with Crippen LogP contribution in [0.5, 0.6) is 0 Å². The van der Waals surface area contributed by atoms with E-state index < -0.39 is 29.2 Å². The van der Waals surface area contributed by atoms with Crippen molar-refractivity contribution in [3.8, 4) is 0 Å². The number of carbonyl (C=O) groups excluding carboxylic acids is 1. The van der Waals surface area contributed by atoms with Gasteiger partial charge in [0.05, 0.1) is 5.56 Å². The van der Waals surface area contributed by atoms with Crippen molar-refractivity contribution in [2.24, 2.45) is 10.9 Å². The Kier molecular flexibility index (Phi) is 5.39. The molecule has 5 N–H and O–H groups in total. The summed E-state index contributed by atoms with van der Waals surface area (Å²) in [6, 6.07) is 2.36. The Labute approximate surface area is 118 Å². The van der Waals surface area contributed by atoms with Crippen LogP contribution in [0.2, 0.25) is 0 Å². The fraction of sp³-hybridized carbons (Fsp3) is 0.333. The van der Waals surface area contributed by atoms with Crippen LogP contribution in [-0.2, 0) is 6.18 Å². The van der Waals surface area contributed by atoms with Crippen LogP contribution in [0.1, 0.15) is 24.5 Å². The van der Waals surface area contributed by atoms with E-state index in [-0.39, 0.29) is 5.69 Å². The number of nitrogens with zero attached hydrogens (tertiary/aromatic N) is 1. The molecule has 0 spiro atoms. The van der Waals surface area contributed by atoms with Gasteiger partial charge >= 0.3 is 12.2 Å². The number of halogens is 3. The van der Waals surface area contributed by atoms with E-state index >= 15 is 0 Å². The maximum absolute atomic E-state index is 12.9. The van der Waals surface area contributed by atoms with Crippen molar-refractivity contribution in [3.63, 3.8) is 0 Å². The van der Waals surface area contributed by atoms with Gasteiger partial charge in [-0.05, 0) is 24.6 Å². The van der Waals surface area contributed by atoms with Crippen molar-refractivity contribution in [3.05, 3.63) is 29.3 Å². The number of oxime groups is 1. The van der Waals surface area contributed by atoms with Crippen molar-refractivity contribution >= 4 is 17.6 Å². The monoisotopic (exact) mass is 304 g/mol. The molecule has 0 radical (unpaired) electrons. The Bertz CT molecular complexity index is 544. The normalized spacial score (nSPS) is 12.1. The number of hydrogen-bond acceptors (Lipinski definition) is 3. The molecule has 0 atom stereocenters. The van der Waals surface area contributed by atoms with E-state index in [1.54, 1.807) is 0 Å². The third kappa shape index (κ3) is 4.55. The number of hydrogen-bond donors (Lipinski definition) is 4.